The Labute approximate surface area is 150 Å². The van der Waals surface area contributed by atoms with Crippen LogP contribution in [0.25, 0.3) is 11.5 Å². The fourth-order valence-electron chi connectivity index (χ4n) is 2.31. The van der Waals surface area contributed by atoms with Gasteiger partial charge in [0.05, 0.1) is 0 Å². The average molecular weight is 353 g/mol. The summed E-state index contributed by atoms with van der Waals surface area (Å²) in [6.07, 6.45) is 2.70. The first-order chi connectivity index (χ1) is 12.1. The van der Waals surface area contributed by atoms with Gasteiger partial charge < -0.3 is 9.73 Å². The van der Waals surface area contributed by atoms with Gasteiger partial charge in [0, 0.05) is 29.0 Å². The van der Waals surface area contributed by atoms with Crippen molar-refractivity contribution in [3.8, 4) is 11.5 Å². The van der Waals surface area contributed by atoms with Crippen LogP contribution in [0.4, 0.5) is 5.69 Å². The number of nitrogens with zero attached hydrogens (tertiary/aromatic N) is 2. The molecule has 0 radical (unpaired) electrons. The smallest absolute Gasteiger partial charge is 0.247 e. The number of carbonyl (C=O) groups excluding carboxylic acids is 1. The maximum Gasteiger partial charge on any atom is 0.247 e. The first-order valence-corrected chi connectivity index (χ1v) is 9.20. The van der Waals surface area contributed by atoms with Gasteiger partial charge in [-0.25, -0.2) is 0 Å². The van der Waals surface area contributed by atoms with Crippen LogP contribution in [0.3, 0.4) is 0 Å². The summed E-state index contributed by atoms with van der Waals surface area (Å²) in [6, 6.07) is 15.6. The third-order valence-electron chi connectivity index (χ3n) is 3.68. The van der Waals surface area contributed by atoms with E-state index < -0.39 is 0 Å². The Hall–Kier alpha value is -2.60. The number of nitrogens with one attached hydrogen (secondary N) is 1. The number of aryl methyl sites for hydroxylation is 2. The Morgan fingerprint density at radius 2 is 1.96 bits per heavy atom. The molecule has 1 N–H and O–H groups in total. The molecular weight excluding hydrogens is 334 g/mol. The Morgan fingerprint density at radius 3 is 2.72 bits per heavy atom. The zero-order valence-electron chi connectivity index (χ0n) is 14.2. The van der Waals surface area contributed by atoms with Crippen molar-refractivity contribution in [3.63, 3.8) is 0 Å². The molecule has 0 saturated carbocycles. The van der Waals surface area contributed by atoms with Crippen LogP contribution in [-0.2, 0) is 11.2 Å². The monoisotopic (exact) mass is 353 g/mol. The van der Waals surface area contributed by atoms with Gasteiger partial charge in [-0.2, -0.15) is 0 Å². The van der Waals surface area contributed by atoms with E-state index in [1.165, 1.54) is 5.56 Å². The molecule has 25 heavy (non-hydrogen) atoms. The number of benzene rings is 2. The van der Waals surface area contributed by atoms with Gasteiger partial charge in [-0.05, 0) is 43.5 Å². The molecular formula is C19H19N3O2S. The summed E-state index contributed by atoms with van der Waals surface area (Å²) in [5.41, 5.74) is 2.84. The van der Waals surface area contributed by atoms with E-state index in [2.05, 4.69) is 15.5 Å². The highest BCUT2D eigenvalue weighted by Crippen LogP contribution is 2.20. The summed E-state index contributed by atoms with van der Waals surface area (Å²) in [4.78, 5) is 13.2. The summed E-state index contributed by atoms with van der Waals surface area (Å²) in [5, 5.41) is 11.0. The summed E-state index contributed by atoms with van der Waals surface area (Å²) >= 11 is 1.64. The number of amides is 1. The number of anilines is 1. The molecule has 0 atom stereocenters. The van der Waals surface area contributed by atoms with Crippen molar-refractivity contribution in [3.05, 3.63) is 60.0 Å². The molecule has 0 saturated heterocycles. The fourth-order valence-corrected chi connectivity index (χ4v) is 2.77. The Bertz CT molecular complexity index is 859. The zero-order chi connectivity index (χ0) is 17.6. The minimum Gasteiger partial charge on any atom is -0.421 e. The molecule has 0 unspecified atom stereocenters. The fraction of sp³-hybridized carbons (Fsp3) is 0.211. The molecule has 6 heteroatoms. The lowest BCUT2D eigenvalue weighted by atomic mass is 10.1. The summed E-state index contributed by atoms with van der Waals surface area (Å²) in [5.74, 6) is 0.861. The number of hydrogen-bond acceptors (Lipinski definition) is 5. The maximum atomic E-state index is 12.1. The van der Waals surface area contributed by atoms with E-state index in [9.17, 15) is 4.79 Å². The van der Waals surface area contributed by atoms with Crippen LogP contribution in [0.15, 0.2) is 57.8 Å². The molecule has 0 aliphatic heterocycles. The maximum absolute atomic E-state index is 12.1. The van der Waals surface area contributed by atoms with Crippen LogP contribution >= 0.6 is 11.8 Å². The van der Waals surface area contributed by atoms with Crippen molar-refractivity contribution in [1.29, 1.82) is 0 Å². The second-order valence-corrected chi connectivity index (χ2v) is 6.53. The third kappa shape index (κ3) is 4.70. The second kappa shape index (κ2) is 7.98. The highest BCUT2D eigenvalue weighted by atomic mass is 32.2. The summed E-state index contributed by atoms with van der Waals surface area (Å²) in [7, 11) is 0. The van der Waals surface area contributed by atoms with Gasteiger partial charge in [0.15, 0.2) is 0 Å². The Kier molecular flexibility index (Phi) is 5.50. The van der Waals surface area contributed by atoms with Crippen molar-refractivity contribution >= 4 is 23.4 Å². The van der Waals surface area contributed by atoms with Gasteiger partial charge in [0.2, 0.25) is 17.7 Å². The minimum atomic E-state index is -0.0756. The molecule has 0 bridgehead atoms. The molecule has 0 aliphatic carbocycles. The van der Waals surface area contributed by atoms with Crippen molar-refractivity contribution < 1.29 is 9.21 Å². The van der Waals surface area contributed by atoms with E-state index in [-0.39, 0.29) is 5.91 Å². The molecule has 1 amide bonds. The normalized spacial score (nSPS) is 10.6. The summed E-state index contributed by atoms with van der Waals surface area (Å²) in [6.45, 7) is 2.02. The van der Waals surface area contributed by atoms with Crippen molar-refractivity contribution in [1.82, 2.24) is 10.2 Å². The topological polar surface area (TPSA) is 68.0 Å². The minimum absolute atomic E-state index is 0.0756. The molecule has 1 aromatic heterocycles. The van der Waals surface area contributed by atoms with Gasteiger partial charge in [0.1, 0.15) is 0 Å². The molecule has 2 aromatic carbocycles. The van der Waals surface area contributed by atoms with E-state index in [0.717, 1.165) is 16.1 Å². The molecule has 3 rings (SSSR count). The Morgan fingerprint density at radius 1 is 1.16 bits per heavy atom. The number of aromatic nitrogens is 2. The third-order valence-corrected chi connectivity index (χ3v) is 4.41. The van der Waals surface area contributed by atoms with Gasteiger partial charge in [0.25, 0.3) is 0 Å². The lowest BCUT2D eigenvalue weighted by molar-refractivity contribution is -0.116. The van der Waals surface area contributed by atoms with Crippen molar-refractivity contribution in [2.75, 3.05) is 11.6 Å². The highest BCUT2D eigenvalue weighted by Gasteiger charge is 2.11. The van der Waals surface area contributed by atoms with Crippen molar-refractivity contribution in [2.45, 2.75) is 24.7 Å². The number of thioether (sulfide) groups is 1. The van der Waals surface area contributed by atoms with Crippen LogP contribution in [0, 0.1) is 6.92 Å². The van der Waals surface area contributed by atoms with Gasteiger partial charge in [-0.1, -0.05) is 23.8 Å². The average Bonchev–Trinajstić information content (AvgIpc) is 3.10. The van der Waals surface area contributed by atoms with Crippen LogP contribution in [0.1, 0.15) is 17.9 Å². The molecule has 1 heterocycles. The first kappa shape index (κ1) is 17.2. The molecule has 0 aliphatic rings. The lowest BCUT2D eigenvalue weighted by Gasteiger charge is -2.05. The molecule has 3 aromatic rings. The van der Waals surface area contributed by atoms with E-state index >= 15 is 0 Å². The quantitative estimate of drug-likeness (QED) is 0.668. The molecule has 0 fully saturated rings. The van der Waals surface area contributed by atoms with Crippen LogP contribution in [-0.4, -0.2) is 22.4 Å². The highest BCUT2D eigenvalue weighted by molar-refractivity contribution is 7.98. The number of rotatable bonds is 6. The van der Waals surface area contributed by atoms with Crippen LogP contribution in [0.5, 0.6) is 0 Å². The van der Waals surface area contributed by atoms with Crippen LogP contribution < -0.4 is 5.32 Å². The van der Waals surface area contributed by atoms with Gasteiger partial charge in [-0.3, -0.25) is 4.79 Å². The SMILES string of the molecule is CSc1cccc(NC(=O)CCc2nnc(-c3ccc(C)cc3)o2)c1. The van der Waals surface area contributed by atoms with Gasteiger partial charge in [-0.15, -0.1) is 22.0 Å². The van der Waals surface area contributed by atoms with E-state index in [0.29, 0.717) is 24.6 Å². The second-order valence-electron chi connectivity index (χ2n) is 5.65. The Balaban J connectivity index is 1.56. The van der Waals surface area contributed by atoms with Crippen LogP contribution in [0.2, 0.25) is 0 Å². The van der Waals surface area contributed by atoms with E-state index in [4.69, 9.17) is 4.42 Å². The van der Waals surface area contributed by atoms with Gasteiger partial charge >= 0.3 is 0 Å². The first-order valence-electron chi connectivity index (χ1n) is 7.97. The predicted octanol–water partition coefficient (Wildman–Crippen LogP) is 4.34. The molecule has 0 spiro atoms. The summed E-state index contributed by atoms with van der Waals surface area (Å²) < 4.78 is 5.64. The molecule has 128 valence electrons. The zero-order valence-corrected chi connectivity index (χ0v) is 15.0. The predicted molar refractivity (Wildman–Crippen MR) is 99.6 cm³/mol. The number of carbonyl (C=O) groups is 1. The largest absolute Gasteiger partial charge is 0.421 e. The standard InChI is InChI=1S/C19H19N3O2S/c1-13-6-8-14(9-7-13)19-22-21-18(24-19)11-10-17(23)20-15-4-3-5-16(12-15)25-2/h3-9,12H,10-11H2,1-2H3,(H,20,23). The lowest BCUT2D eigenvalue weighted by Crippen LogP contribution is -2.12. The molecule has 5 nitrogen and oxygen atoms in total. The number of hydrogen-bond donors (Lipinski definition) is 1. The van der Waals surface area contributed by atoms with Crippen molar-refractivity contribution in [2.24, 2.45) is 0 Å². The van der Waals surface area contributed by atoms with E-state index in [1.807, 2.05) is 61.7 Å². The van der Waals surface area contributed by atoms with E-state index in [1.54, 1.807) is 11.8 Å².